The molecule has 0 bridgehead atoms. The Hall–Kier alpha value is -0.220. The molecule has 0 fully saturated rings. The predicted molar refractivity (Wildman–Crippen MR) is 58.0 cm³/mol. The minimum Gasteiger partial charge on any atom is -0.222 e. The molecule has 7 heteroatoms. The third-order valence-electron chi connectivity index (χ3n) is 1.75. The van der Waals surface area contributed by atoms with Gasteiger partial charge in [-0.2, -0.15) is 0 Å². The molecule has 0 heterocycles. The smallest absolute Gasteiger partial charge is 0.222 e. The van der Waals surface area contributed by atoms with Gasteiger partial charge in [0, 0.05) is 4.47 Å². The van der Waals surface area contributed by atoms with Gasteiger partial charge in [0.2, 0.25) is 0 Å². The normalized spacial score (nSPS) is 10.6. The van der Waals surface area contributed by atoms with Crippen molar-refractivity contribution in [1.82, 2.24) is 0 Å². The zero-order chi connectivity index (χ0) is 14.3. The maximum atomic E-state index is 8.49. The van der Waals surface area contributed by atoms with Gasteiger partial charge in [-0.3, -0.25) is 0 Å². The first-order chi connectivity index (χ1) is 8.84. The van der Waals surface area contributed by atoms with Crippen molar-refractivity contribution in [2.45, 2.75) is 0 Å². The second-order valence-electron chi connectivity index (χ2n) is 3.20. The average Bonchev–Trinajstić information content (AvgIpc) is 2.31. The van der Waals surface area contributed by atoms with E-state index in [1.54, 1.807) is 0 Å². The summed E-state index contributed by atoms with van der Waals surface area (Å²) in [6.45, 7) is 0. The zero-order valence-corrected chi connectivity index (χ0v) is 14.0. The molecule has 0 saturated heterocycles. The van der Waals surface area contributed by atoms with Gasteiger partial charge in [-0.1, -0.05) is 34.1 Å². The Bertz CT molecular complexity index is 481. The molecule has 19 heavy (non-hydrogen) atoms. The molecule has 0 atom stereocenters. The van der Waals surface area contributed by atoms with Crippen molar-refractivity contribution in [3.63, 3.8) is 0 Å². The van der Waals surface area contributed by atoms with E-state index in [2.05, 4.69) is 70.5 Å². The van der Waals surface area contributed by atoms with Crippen molar-refractivity contribution in [1.29, 1.82) is 0 Å². The summed E-state index contributed by atoms with van der Waals surface area (Å²) < 4.78 is 38.0. The Morgan fingerprint density at radius 2 is 1.16 bits per heavy atom. The third-order valence-corrected chi connectivity index (χ3v) is 4.97. The van der Waals surface area contributed by atoms with E-state index >= 15 is 0 Å². The molecule has 0 unspecified atom stereocenters. The lowest BCUT2D eigenvalue weighted by molar-refractivity contribution is -2.00. The van der Waals surface area contributed by atoms with E-state index in [0.29, 0.717) is 0 Å². The molecule has 0 N–H and O–H groups in total. The van der Waals surface area contributed by atoms with Gasteiger partial charge in [-0.15, -0.1) is 10.2 Å². The Balaban J connectivity index is 0.000000312. The first-order valence-corrected chi connectivity index (χ1v) is 9.10. The fraction of sp³-hybridized carbons (Fsp3) is 0. The monoisotopic (exact) mass is 458 g/mol. The van der Waals surface area contributed by atoms with Crippen LogP contribution < -0.4 is 39.8 Å². The molecule has 0 aliphatic heterocycles. The lowest BCUT2D eigenvalue weighted by atomic mass is 10.4. The Labute approximate surface area is 131 Å². The SMILES string of the molecule is Brc1ccc([I+]c2ccccc2)cc1.[O-][Cl+3]([O-])([O-])[O-]. The van der Waals surface area contributed by atoms with E-state index in [1.165, 1.54) is 7.14 Å². The molecule has 2 rings (SSSR count). The van der Waals surface area contributed by atoms with Crippen LogP contribution in [-0.4, -0.2) is 0 Å². The van der Waals surface area contributed by atoms with Crippen LogP contribution in [0.2, 0.25) is 0 Å². The van der Waals surface area contributed by atoms with E-state index in [0.717, 1.165) is 4.47 Å². The highest BCUT2D eigenvalue weighted by molar-refractivity contribution is 9.10. The maximum absolute atomic E-state index is 8.49. The van der Waals surface area contributed by atoms with Gasteiger partial charge in [0.1, 0.15) is 0 Å². The van der Waals surface area contributed by atoms with E-state index in [1.807, 2.05) is 0 Å². The van der Waals surface area contributed by atoms with Crippen molar-refractivity contribution >= 4 is 15.9 Å². The Morgan fingerprint density at radius 1 is 0.737 bits per heavy atom. The lowest BCUT2D eigenvalue weighted by Crippen LogP contribution is -3.61. The van der Waals surface area contributed by atoms with Gasteiger partial charge < -0.3 is 0 Å². The van der Waals surface area contributed by atoms with Gasteiger partial charge in [0.15, 0.2) is 7.14 Å². The molecule has 2 aromatic carbocycles. The summed E-state index contributed by atoms with van der Waals surface area (Å²) in [4.78, 5) is 0. The standard InChI is InChI=1S/C12H9BrI.ClHO4/c13-10-6-8-12(9-7-10)14-11-4-2-1-3-5-11;2-1(3,4)5/h1-9H;(H,2,3,4,5)/q+1;/p-1. The van der Waals surface area contributed by atoms with Gasteiger partial charge in [0.25, 0.3) is 0 Å². The third kappa shape index (κ3) is 9.33. The van der Waals surface area contributed by atoms with Crippen molar-refractivity contribution in [3.8, 4) is 0 Å². The number of halogens is 3. The fourth-order valence-electron chi connectivity index (χ4n) is 1.10. The van der Waals surface area contributed by atoms with Crippen LogP contribution in [0.3, 0.4) is 0 Å². The number of rotatable bonds is 2. The Kier molecular flexibility index (Phi) is 7.22. The first kappa shape index (κ1) is 16.8. The molecule has 0 saturated carbocycles. The topological polar surface area (TPSA) is 92.2 Å². The highest BCUT2D eigenvalue weighted by Crippen LogP contribution is 2.05. The van der Waals surface area contributed by atoms with Gasteiger partial charge in [-0.05, 0) is 36.4 Å². The summed E-state index contributed by atoms with van der Waals surface area (Å²) in [5, 5.41) is 0. The molecule has 0 aromatic heterocycles. The highest BCUT2D eigenvalue weighted by atomic mass is 127. The van der Waals surface area contributed by atoms with Crippen LogP contribution in [0.1, 0.15) is 0 Å². The van der Waals surface area contributed by atoms with Gasteiger partial charge in [0.05, 0.1) is 0 Å². The first-order valence-electron chi connectivity index (χ1n) is 4.92. The summed E-state index contributed by atoms with van der Waals surface area (Å²) in [6, 6.07) is 19.3. The lowest BCUT2D eigenvalue weighted by Gasteiger charge is -2.17. The fourth-order valence-corrected chi connectivity index (χ4v) is 3.57. The van der Waals surface area contributed by atoms with Crippen LogP contribution in [0, 0.1) is 17.4 Å². The minimum atomic E-state index is -4.94. The number of hydrogen-bond donors (Lipinski definition) is 0. The second-order valence-corrected chi connectivity index (χ2v) is 7.91. The summed E-state index contributed by atoms with van der Waals surface area (Å²) >= 11 is 3.44. The van der Waals surface area contributed by atoms with Crippen LogP contribution in [0.4, 0.5) is 0 Å². The van der Waals surface area contributed by atoms with E-state index in [4.69, 9.17) is 18.6 Å². The van der Waals surface area contributed by atoms with Crippen molar-refractivity contribution in [2.75, 3.05) is 0 Å². The average molecular weight is 459 g/mol. The summed E-state index contributed by atoms with van der Waals surface area (Å²) in [6.07, 6.45) is 0. The van der Waals surface area contributed by atoms with Crippen LogP contribution in [0.15, 0.2) is 59.1 Å². The molecular weight excluding hydrogens is 450 g/mol. The van der Waals surface area contributed by atoms with Crippen LogP contribution in [-0.2, 0) is 0 Å². The maximum Gasteiger partial charge on any atom is 0.357 e. The predicted octanol–water partition coefficient (Wildman–Crippen LogP) is -4.18. The molecule has 0 radical (unpaired) electrons. The molecule has 0 amide bonds. The Morgan fingerprint density at radius 3 is 1.63 bits per heavy atom. The molecule has 0 aliphatic carbocycles. The number of benzene rings is 2. The van der Waals surface area contributed by atoms with E-state index in [-0.39, 0.29) is 21.2 Å². The van der Waals surface area contributed by atoms with Crippen molar-refractivity contribution in [3.05, 3.63) is 66.2 Å². The van der Waals surface area contributed by atoms with E-state index < -0.39 is 10.2 Å². The number of hydrogen-bond acceptors (Lipinski definition) is 4. The minimum absolute atomic E-state index is 0.00492. The molecule has 2 aromatic rings. The van der Waals surface area contributed by atoms with Crippen LogP contribution in [0.25, 0.3) is 0 Å². The summed E-state index contributed by atoms with van der Waals surface area (Å²) in [5.41, 5.74) is 0. The molecule has 0 aliphatic rings. The van der Waals surface area contributed by atoms with Crippen LogP contribution in [0.5, 0.6) is 0 Å². The van der Waals surface area contributed by atoms with Gasteiger partial charge >= 0.3 is 21.2 Å². The zero-order valence-electron chi connectivity index (χ0n) is 9.46. The molecule has 4 nitrogen and oxygen atoms in total. The molecular formula is C12H9BrClIO4. The summed E-state index contributed by atoms with van der Waals surface area (Å²) in [5.74, 6) is 0. The van der Waals surface area contributed by atoms with Crippen molar-refractivity contribution < 1.29 is 50.1 Å². The largest absolute Gasteiger partial charge is 0.357 e. The quantitative estimate of drug-likeness (QED) is 0.426. The highest BCUT2D eigenvalue weighted by Gasteiger charge is 2.13. The van der Waals surface area contributed by atoms with Gasteiger partial charge in [-0.25, -0.2) is 18.6 Å². The van der Waals surface area contributed by atoms with Crippen LogP contribution >= 0.6 is 15.9 Å². The van der Waals surface area contributed by atoms with E-state index in [9.17, 15) is 0 Å². The van der Waals surface area contributed by atoms with Crippen molar-refractivity contribution in [2.24, 2.45) is 0 Å². The summed E-state index contributed by atoms with van der Waals surface area (Å²) in [7, 11) is -4.94. The molecule has 102 valence electrons. The second kappa shape index (κ2) is 8.15. The molecule has 0 spiro atoms.